The van der Waals surface area contributed by atoms with E-state index in [1.807, 2.05) is 0 Å². The van der Waals surface area contributed by atoms with Gasteiger partial charge < -0.3 is 9.97 Å². The predicted molar refractivity (Wildman–Crippen MR) is 485 cm³/mol. The van der Waals surface area contributed by atoms with E-state index in [2.05, 4.69) is 371 Å². The van der Waals surface area contributed by atoms with Gasteiger partial charge in [-0.3, -0.25) is 0 Å². The zero-order chi connectivity index (χ0) is 77.3. The Kier molecular flexibility index (Phi) is 14.0. The molecule has 18 aromatic rings. The molecule has 0 spiro atoms. The molecule has 2 aromatic heterocycles. The average molecular weight is 1670 g/mol. The molecule has 0 radical (unpaired) electrons. The summed E-state index contributed by atoms with van der Waals surface area (Å²) < 4.78 is 0. The van der Waals surface area contributed by atoms with Crippen molar-refractivity contribution in [2.45, 2.75) is 77.0 Å². The Morgan fingerprint density at radius 2 is 0.376 bits per heavy atom. The molecule has 8 bridgehead atoms. The second kappa shape index (κ2) is 24.0. The van der Waals surface area contributed by atoms with Gasteiger partial charge >= 0.3 is 21.1 Å². The van der Waals surface area contributed by atoms with E-state index in [-0.39, 0.29) is 42.7 Å². The SMILES string of the molecule is CC1(C)c2ccccc2-c2ccc(-c3c4nc(c(-c5ccc6c(c5)C(C)(C)c5ccccc5-6)c5[n-]c(c(-c6ccc7c(c6)C(C)(C)c6ccccc6-7)c6nc(c(-c7ccc8c(c7)C(C)(C)c7ccccc7-8)c7[n-]c3c3cc8ccccc8cc73)-c3cc7ccccc7cc3-6)c3cc6ccccc6cc53)-c3cc5ccccc5cc3-4)cc21.[Pt+2]. The summed E-state index contributed by atoms with van der Waals surface area (Å²) in [6.07, 6.45) is 0. The van der Waals surface area contributed by atoms with Gasteiger partial charge in [-0.1, -0.05) is 298 Å². The van der Waals surface area contributed by atoms with Crippen LogP contribution in [0.4, 0.5) is 0 Å². The minimum atomic E-state index is -0.341. The summed E-state index contributed by atoms with van der Waals surface area (Å²) in [5.74, 6) is 0. The van der Waals surface area contributed by atoms with Gasteiger partial charge in [-0.2, -0.15) is 0 Å². The average Bonchev–Trinajstić information content (AvgIpc) is 1.57. The zero-order valence-electron chi connectivity index (χ0n) is 66.1. The summed E-state index contributed by atoms with van der Waals surface area (Å²) in [7, 11) is 0. The summed E-state index contributed by atoms with van der Waals surface area (Å²) in [6, 6.07) is 120. The topological polar surface area (TPSA) is 54.0 Å². The first-order valence-corrected chi connectivity index (χ1v) is 41.0. The smallest absolute Gasteiger partial charge is 0.656 e. The number of hydrogen-bond acceptors (Lipinski definition) is 2. The standard InChI is InChI=1S/C112H76N4.Pt/c1-109(2)89-37-21-17-33-73(89)77-45-41-69(57-93(77)109)97-101-81-49-61-25-9-11-27-63(61)51-83(81)103(113-101)98(70-42-46-78-74-34-18-22-38-90(74)110(3,4)94(78)58-70)105-85-53-65-29-13-15-31-67(65)55-87(85)107(115-105)100(72-44-48-80-76-36-20-24-40-92(76)112(7,8)96(80)60-72)108-88-56-68-32-16-14-30-66(68)54-86(88)106(116-108)99(104-84-52-64-28-12-10-26-62(64)50-82(84)102(97)114-104)71-43-47-79-75-35-19-23-39-91(75)111(5,6)95(79)59-71;/h9-60H,1-8H3;/q-2;+2. The van der Waals surface area contributed by atoms with Crippen LogP contribution < -0.4 is 9.97 Å². The molecule has 16 aromatic carbocycles. The fourth-order valence-corrected chi connectivity index (χ4v) is 22.0. The summed E-state index contributed by atoms with van der Waals surface area (Å²) in [5.41, 5.74) is 38.0. The zero-order valence-corrected chi connectivity index (χ0v) is 68.4. The first-order valence-electron chi connectivity index (χ1n) is 41.0. The van der Waals surface area contributed by atoms with Crippen molar-refractivity contribution in [1.29, 1.82) is 0 Å². The van der Waals surface area contributed by atoms with Crippen molar-refractivity contribution in [1.82, 2.24) is 19.9 Å². The molecule has 5 aliphatic carbocycles. The van der Waals surface area contributed by atoms with Gasteiger partial charge in [-0.15, -0.1) is 22.1 Å². The molecule has 117 heavy (non-hydrogen) atoms. The Morgan fingerprint density at radius 3 is 0.598 bits per heavy atom. The third-order valence-electron chi connectivity index (χ3n) is 27.9. The third kappa shape index (κ3) is 9.34. The third-order valence-corrected chi connectivity index (χ3v) is 27.9. The van der Waals surface area contributed by atoms with E-state index in [4.69, 9.17) is 19.9 Å². The van der Waals surface area contributed by atoms with Crippen LogP contribution in [0.25, 0.3) is 221 Å². The molecule has 554 valence electrons. The van der Waals surface area contributed by atoms with Crippen LogP contribution in [-0.4, -0.2) is 9.97 Å². The minimum absolute atomic E-state index is 0. The molecule has 0 amide bonds. The van der Waals surface area contributed by atoms with Crippen LogP contribution in [0.15, 0.2) is 315 Å². The quantitative estimate of drug-likeness (QED) is 0.176. The first kappa shape index (κ1) is 68.3. The van der Waals surface area contributed by atoms with Crippen LogP contribution in [0.3, 0.4) is 0 Å². The number of benzene rings is 16. The molecule has 25 rings (SSSR count). The summed E-state index contributed by atoms with van der Waals surface area (Å²) in [4.78, 5) is 26.5. The van der Waals surface area contributed by atoms with E-state index in [1.54, 1.807) is 0 Å². The number of nitrogens with zero attached hydrogens (tertiary/aromatic N) is 4. The summed E-state index contributed by atoms with van der Waals surface area (Å²) in [6.45, 7) is 19.2. The van der Waals surface area contributed by atoms with Crippen molar-refractivity contribution in [3.63, 3.8) is 0 Å². The molecule has 5 heteroatoms. The van der Waals surface area contributed by atoms with E-state index in [9.17, 15) is 0 Å². The molecule has 0 atom stereocenters. The van der Waals surface area contributed by atoms with Crippen LogP contribution in [0.5, 0.6) is 0 Å². The normalized spacial score (nSPS) is 14.7. The molecule has 4 nitrogen and oxygen atoms in total. The monoisotopic (exact) mass is 1670 g/mol. The van der Waals surface area contributed by atoms with E-state index in [0.717, 1.165) is 176 Å². The molecule has 2 aliphatic heterocycles. The van der Waals surface area contributed by atoms with Gasteiger partial charge in [0.05, 0.1) is 22.8 Å². The van der Waals surface area contributed by atoms with Crippen molar-refractivity contribution < 1.29 is 21.1 Å². The second-order valence-corrected chi connectivity index (χ2v) is 35.4. The molecule has 0 saturated heterocycles. The Balaban J connectivity index is 0.00000784. The van der Waals surface area contributed by atoms with Gasteiger partial charge in [-0.05, 0) is 271 Å². The van der Waals surface area contributed by atoms with Gasteiger partial charge in [0.1, 0.15) is 0 Å². The maximum absolute atomic E-state index is 6.61. The van der Waals surface area contributed by atoms with Crippen molar-refractivity contribution in [3.8, 4) is 134 Å². The molecule has 0 unspecified atom stereocenters. The maximum Gasteiger partial charge on any atom is 2.00 e. The largest absolute Gasteiger partial charge is 2.00 e. The summed E-state index contributed by atoms with van der Waals surface area (Å²) >= 11 is 0. The van der Waals surface area contributed by atoms with E-state index in [0.29, 0.717) is 0 Å². The fourth-order valence-electron chi connectivity index (χ4n) is 22.0. The van der Waals surface area contributed by atoms with Crippen LogP contribution in [0.2, 0.25) is 0 Å². The van der Waals surface area contributed by atoms with Crippen molar-refractivity contribution in [3.05, 3.63) is 360 Å². The van der Waals surface area contributed by atoms with E-state index < -0.39 is 0 Å². The number of rotatable bonds is 4. The summed E-state index contributed by atoms with van der Waals surface area (Å²) in [5, 5.41) is 13.1. The predicted octanol–water partition coefficient (Wildman–Crippen LogP) is 29.1. The molecular weight excluding hydrogens is 1600 g/mol. The minimum Gasteiger partial charge on any atom is -0.656 e. The van der Waals surface area contributed by atoms with Crippen LogP contribution in [0.1, 0.15) is 99.9 Å². The van der Waals surface area contributed by atoms with Crippen molar-refractivity contribution in [2.24, 2.45) is 0 Å². The Hall–Kier alpha value is -13.1. The van der Waals surface area contributed by atoms with Crippen LogP contribution in [-0.2, 0) is 42.7 Å². The number of aromatic nitrogens is 4. The Morgan fingerprint density at radius 1 is 0.188 bits per heavy atom. The molecule has 0 fully saturated rings. The molecule has 0 N–H and O–H groups in total. The molecular formula is C112H76N4Pt. The molecule has 7 aliphatic rings. The Bertz CT molecular complexity index is 7040. The first-order chi connectivity index (χ1) is 56.5. The van der Waals surface area contributed by atoms with Crippen LogP contribution >= 0.6 is 0 Å². The van der Waals surface area contributed by atoms with E-state index in [1.165, 1.54) is 89.0 Å². The van der Waals surface area contributed by atoms with Gasteiger partial charge in [0.2, 0.25) is 0 Å². The van der Waals surface area contributed by atoms with E-state index >= 15 is 0 Å². The van der Waals surface area contributed by atoms with Gasteiger partial charge in [0, 0.05) is 43.9 Å². The van der Waals surface area contributed by atoms with Gasteiger partial charge in [0.15, 0.2) is 0 Å². The Labute approximate surface area is 693 Å². The van der Waals surface area contributed by atoms with Gasteiger partial charge in [-0.25, -0.2) is 9.97 Å². The number of hydrogen-bond donors (Lipinski definition) is 0. The van der Waals surface area contributed by atoms with Crippen LogP contribution in [0, 0.1) is 0 Å². The maximum atomic E-state index is 6.61. The fraction of sp³-hybridized carbons (Fsp3) is 0.107. The van der Waals surface area contributed by atoms with Crippen molar-refractivity contribution in [2.75, 3.05) is 0 Å². The van der Waals surface area contributed by atoms with Gasteiger partial charge in [0.25, 0.3) is 0 Å². The molecule has 4 heterocycles. The molecule has 0 saturated carbocycles. The van der Waals surface area contributed by atoms with Crippen molar-refractivity contribution >= 4 is 86.7 Å². The second-order valence-electron chi connectivity index (χ2n) is 35.4. The number of fused-ring (bicyclic) bond motifs is 16.